The third kappa shape index (κ3) is 4.66. The van der Waals surface area contributed by atoms with E-state index in [9.17, 15) is 27.9 Å². The SMILES string of the molecule is Cc1cc(CN2CCN(c3ccccc3C(F)(F)F)C2=O)cc(C)c1OC(C)(C)C(=O)O. The summed E-state index contributed by atoms with van der Waals surface area (Å²) < 4.78 is 45.8. The molecule has 2 aromatic carbocycles. The van der Waals surface area contributed by atoms with Gasteiger partial charge in [-0.1, -0.05) is 24.3 Å². The summed E-state index contributed by atoms with van der Waals surface area (Å²) in [6.07, 6.45) is -4.56. The van der Waals surface area contributed by atoms with Crippen molar-refractivity contribution >= 4 is 17.7 Å². The van der Waals surface area contributed by atoms with Crippen LogP contribution in [0.3, 0.4) is 0 Å². The molecule has 1 N–H and O–H groups in total. The minimum absolute atomic E-state index is 0.151. The molecule has 2 amide bonds. The molecule has 0 bridgehead atoms. The Morgan fingerprint density at radius 2 is 1.69 bits per heavy atom. The lowest BCUT2D eigenvalue weighted by atomic mass is 10.0. The summed E-state index contributed by atoms with van der Waals surface area (Å²) in [5.41, 5.74) is -0.210. The van der Waals surface area contributed by atoms with Crippen LogP contribution in [0.25, 0.3) is 0 Å². The molecule has 3 rings (SSSR count). The molecule has 1 aliphatic heterocycles. The van der Waals surface area contributed by atoms with Crippen molar-refractivity contribution in [3.8, 4) is 5.75 Å². The van der Waals surface area contributed by atoms with Crippen molar-refractivity contribution in [2.45, 2.75) is 46.0 Å². The molecule has 1 aliphatic rings. The van der Waals surface area contributed by atoms with Gasteiger partial charge in [0.05, 0.1) is 11.3 Å². The average molecular weight is 450 g/mol. The van der Waals surface area contributed by atoms with Crippen LogP contribution in [0.4, 0.5) is 23.7 Å². The number of alkyl halides is 3. The van der Waals surface area contributed by atoms with E-state index in [1.807, 2.05) is 0 Å². The first kappa shape index (κ1) is 23.4. The number of carboxylic acid groups (broad SMARTS) is 1. The molecule has 9 heteroatoms. The van der Waals surface area contributed by atoms with Crippen molar-refractivity contribution < 1.29 is 32.6 Å². The minimum Gasteiger partial charge on any atom is -0.478 e. The largest absolute Gasteiger partial charge is 0.478 e. The van der Waals surface area contributed by atoms with Gasteiger partial charge in [0.25, 0.3) is 0 Å². The Morgan fingerprint density at radius 1 is 1.09 bits per heavy atom. The Bertz CT molecular complexity index is 1030. The summed E-state index contributed by atoms with van der Waals surface area (Å²) in [7, 11) is 0. The van der Waals surface area contributed by atoms with E-state index < -0.39 is 29.3 Å². The first-order valence-corrected chi connectivity index (χ1v) is 10.1. The minimum atomic E-state index is -4.56. The highest BCUT2D eigenvalue weighted by atomic mass is 19.4. The predicted octanol–water partition coefficient (Wildman–Crippen LogP) is 5.01. The van der Waals surface area contributed by atoms with E-state index in [2.05, 4.69) is 0 Å². The Hall–Kier alpha value is -3.23. The number of carbonyl (C=O) groups is 2. The Balaban J connectivity index is 1.80. The highest BCUT2D eigenvalue weighted by molar-refractivity contribution is 5.95. The van der Waals surface area contributed by atoms with Crippen LogP contribution in [0.2, 0.25) is 0 Å². The summed E-state index contributed by atoms with van der Waals surface area (Å²) in [6.45, 7) is 7.12. The lowest BCUT2D eigenvalue weighted by Gasteiger charge is -2.25. The molecule has 0 saturated carbocycles. The van der Waals surface area contributed by atoms with Crippen molar-refractivity contribution in [2.75, 3.05) is 18.0 Å². The number of carbonyl (C=O) groups excluding carboxylic acids is 1. The molecule has 0 unspecified atom stereocenters. The molecular formula is C23H25F3N2O4. The Kier molecular flexibility index (Phi) is 6.13. The van der Waals surface area contributed by atoms with Gasteiger partial charge < -0.3 is 14.7 Å². The van der Waals surface area contributed by atoms with Crippen LogP contribution >= 0.6 is 0 Å². The lowest BCUT2D eigenvalue weighted by molar-refractivity contribution is -0.152. The highest BCUT2D eigenvalue weighted by Gasteiger charge is 2.38. The van der Waals surface area contributed by atoms with E-state index in [1.54, 1.807) is 26.0 Å². The van der Waals surface area contributed by atoms with E-state index >= 15 is 0 Å². The third-order valence-electron chi connectivity index (χ3n) is 5.36. The second-order valence-corrected chi connectivity index (χ2v) is 8.35. The second kappa shape index (κ2) is 8.37. The van der Waals surface area contributed by atoms with Crippen LogP contribution in [0, 0.1) is 13.8 Å². The smallest absolute Gasteiger partial charge is 0.418 e. The van der Waals surface area contributed by atoms with Crippen LogP contribution in [-0.2, 0) is 17.5 Å². The van der Waals surface area contributed by atoms with E-state index in [-0.39, 0.29) is 25.3 Å². The maximum Gasteiger partial charge on any atom is 0.418 e. The average Bonchev–Trinajstić information content (AvgIpc) is 3.04. The molecule has 0 spiro atoms. The van der Waals surface area contributed by atoms with Crippen molar-refractivity contribution in [3.63, 3.8) is 0 Å². The molecule has 0 aliphatic carbocycles. The highest BCUT2D eigenvalue weighted by Crippen LogP contribution is 2.38. The molecule has 6 nitrogen and oxygen atoms in total. The normalized spacial score (nSPS) is 14.8. The van der Waals surface area contributed by atoms with Crippen molar-refractivity contribution in [1.82, 2.24) is 4.90 Å². The molecule has 0 aromatic heterocycles. The van der Waals surface area contributed by atoms with Gasteiger partial charge in [0.2, 0.25) is 0 Å². The van der Waals surface area contributed by atoms with Crippen LogP contribution in [-0.4, -0.2) is 40.7 Å². The molecule has 0 atom stereocenters. The number of rotatable bonds is 6. The maximum absolute atomic E-state index is 13.4. The quantitative estimate of drug-likeness (QED) is 0.672. The number of ether oxygens (including phenoxy) is 1. The second-order valence-electron chi connectivity index (χ2n) is 8.35. The fourth-order valence-electron chi connectivity index (χ4n) is 3.71. The lowest BCUT2D eigenvalue weighted by Crippen LogP contribution is -2.38. The number of hydrogen-bond acceptors (Lipinski definition) is 3. The van der Waals surface area contributed by atoms with Gasteiger partial charge in [-0.3, -0.25) is 4.90 Å². The number of carboxylic acids is 1. The molecule has 0 radical (unpaired) electrons. The molecule has 1 heterocycles. The van der Waals surface area contributed by atoms with Crippen LogP contribution in [0.5, 0.6) is 5.75 Å². The predicted molar refractivity (Wildman–Crippen MR) is 113 cm³/mol. The van der Waals surface area contributed by atoms with E-state index in [4.69, 9.17) is 4.74 Å². The van der Waals surface area contributed by atoms with E-state index in [0.29, 0.717) is 16.9 Å². The first-order valence-electron chi connectivity index (χ1n) is 10.1. The van der Waals surface area contributed by atoms with Gasteiger partial charge in [0.15, 0.2) is 5.60 Å². The van der Waals surface area contributed by atoms with E-state index in [0.717, 1.165) is 16.5 Å². The van der Waals surface area contributed by atoms with E-state index in [1.165, 1.54) is 36.9 Å². The van der Waals surface area contributed by atoms with Gasteiger partial charge in [-0.2, -0.15) is 13.2 Å². The number of halogens is 3. The van der Waals surface area contributed by atoms with Gasteiger partial charge in [0.1, 0.15) is 5.75 Å². The maximum atomic E-state index is 13.4. The van der Waals surface area contributed by atoms with Crippen LogP contribution < -0.4 is 9.64 Å². The zero-order chi connectivity index (χ0) is 23.8. The fourth-order valence-corrected chi connectivity index (χ4v) is 3.71. The van der Waals surface area contributed by atoms with Crippen molar-refractivity contribution in [1.29, 1.82) is 0 Å². The van der Waals surface area contributed by atoms with Gasteiger partial charge >= 0.3 is 18.2 Å². The molecule has 32 heavy (non-hydrogen) atoms. The number of hydrogen-bond donors (Lipinski definition) is 1. The fraction of sp³-hybridized carbons (Fsp3) is 0.391. The van der Waals surface area contributed by atoms with Crippen molar-refractivity contribution in [2.24, 2.45) is 0 Å². The number of aliphatic carboxylic acids is 1. The molecule has 1 saturated heterocycles. The van der Waals surface area contributed by atoms with Gasteiger partial charge in [-0.15, -0.1) is 0 Å². The zero-order valence-corrected chi connectivity index (χ0v) is 18.3. The van der Waals surface area contributed by atoms with Crippen LogP contribution in [0.1, 0.15) is 36.1 Å². The Labute approximate surface area is 184 Å². The molecule has 1 fully saturated rings. The van der Waals surface area contributed by atoms with Gasteiger partial charge in [-0.05, 0) is 56.5 Å². The summed E-state index contributed by atoms with van der Waals surface area (Å²) in [6, 6.07) is 8.13. The monoisotopic (exact) mass is 450 g/mol. The number of para-hydroxylation sites is 1. The summed E-state index contributed by atoms with van der Waals surface area (Å²) in [5.74, 6) is -0.642. The van der Waals surface area contributed by atoms with Gasteiger partial charge in [-0.25, -0.2) is 9.59 Å². The van der Waals surface area contributed by atoms with Crippen LogP contribution in [0.15, 0.2) is 36.4 Å². The zero-order valence-electron chi connectivity index (χ0n) is 18.3. The first-order chi connectivity index (χ1) is 14.8. The molecular weight excluding hydrogens is 425 g/mol. The topological polar surface area (TPSA) is 70.1 Å². The van der Waals surface area contributed by atoms with Gasteiger partial charge in [0, 0.05) is 19.6 Å². The number of amides is 2. The number of aryl methyl sites for hydroxylation is 2. The number of benzene rings is 2. The standard InChI is InChI=1S/C23H25F3N2O4/c1-14-11-16(12-15(2)19(14)32-22(3,4)20(29)30)13-27-9-10-28(21(27)31)18-8-6-5-7-17(18)23(24,25)26/h5-8,11-12H,9-10,13H2,1-4H3,(H,29,30). The molecule has 2 aromatic rings. The van der Waals surface area contributed by atoms with Crippen molar-refractivity contribution in [3.05, 3.63) is 58.7 Å². The summed E-state index contributed by atoms with van der Waals surface area (Å²) in [5, 5.41) is 9.30. The molecule has 172 valence electrons. The number of urea groups is 1. The summed E-state index contributed by atoms with van der Waals surface area (Å²) >= 11 is 0. The number of nitrogens with zero attached hydrogens (tertiary/aromatic N) is 2. The Morgan fingerprint density at radius 3 is 2.25 bits per heavy atom. The third-order valence-corrected chi connectivity index (χ3v) is 5.36. The summed E-state index contributed by atoms with van der Waals surface area (Å²) in [4.78, 5) is 26.9. The number of anilines is 1.